The van der Waals surface area contributed by atoms with Crippen LogP contribution in [0.5, 0.6) is 0 Å². The number of hydrogen-bond donors (Lipinski definition) is 3. The Bertz CT molecular complexity index is 1550. The fourth-order valence-electron chi connectivity index (χ4n) is 5.43. The van der Waals surface area contributed by atoms with Crippen LogP contribution < -0.4 is 11.1 Å². The maximum Gasteiger partial charge on any atom is 0.264 e. The first-order chi connectivity index (χ1) is 19.8. The van der Waals surface area contributed by atoms with Crippen molar-refractivity contribution in [1.29, 1.82) is 5.41 Å². The number of guanidine groups is 1. The van der Waals surface area contributed by atoms with Gasteiger partial charge in [0.15, 0.2) is 5.96 Å². The highest BCUT2D eigenvalue weighted by atomic mass is 35.5. The summed E-state index contributed by atoms with van der Waals surface area (Å²) in [6.07, 6.45) is 1.72. The highest BCUT2D eigenvalue weighted by Crippen LogP contribution is 2.31. The van der Waals surface area contributed by atoms with Gasteiger partial charge in [0, 0.05) is 41.6 Å². The number of hydrogen-bond acceptors (Lipinski definition) is 4. The van der Waals surface area contributed by atoms with Crippen molar-refractivity contribution in [2.75, 3.05) is 19.6 Å². The smallest absolute Gasteiger partial charge is 0.264 e. The lowest BCUT2D eigenvalue weighted by molar-refractivity contribution is -0.136. The summed E-state index contributed by atoms with van der Waals surface area (Å²) in [6, 6.07) is 25.5. The number of halogens is 1. The predicted octanol–water partition coefficient (Wildman–Crippen LogP) is 5.77. The normalized spacial score (nSPS) is 17.0. The highest BCUT2D eigenvalue weighted by Gasteiger charge is 2.37. The largest absolute Gasteiger partial charge is 0.370 e. The Morgan fingerprint density at radius 1 is 1.00 bits per heavy atom. The zero-order valence-electron chi connectivity index (χ0n) is 23.0. The van der Waals surface area contributed by atoms with Gasteiger partial charge in [-0.15, -0.1) is 11.3 Å². The van der Waals surface area contributed by atoms with Crippen LogP contribution in [0.25, 0.3) is 21.2 Å². The SMILES string of the molecule is C[C@@H]1CN(C(=O)c2ccc(-c3ccc(Cl)cc3)s2)[C@@H](CCCNC(=N)N)CN1C(=O)Cc1ccc2ccccc2c1. The van der Waals surface area contributed by atoms with Gasteiger partial charge in [0.25, 0.3) is 5.91 Å². The van der Waals surface area contributed by atoms with Crippen LogP contribution >= 0.6 is 22.9 Å². The van der Waals surface area contributed by atoms with Gasteiger partial charge < -0.3 is 20.9 Å². The average Bonchev–Trinajstić information content (AvgIpc) is 3.46. The van der Waals surface area contributed by atoms with Gasteiger partial charge in [-0.1, -0.05) is 66.2 Å². The van der Waals surface area contributed by atoms with Crippen molar-refractivity contribution < 1.29 is 9.59 Å². The molecule has 0 saturated carbocycles. The Kier molecular flexibility index (Phi) is 8.90. The molecule has 1 aliphatic heterocycles. The standard InChI is InChI=1S/C32H34ClN5O2S/c1-21-19-38(31(40)29-15-14-28(41-29)24-10-12-26(33)13-11-24)27(7-4-16-36-32(34)35)20-37(21)30(39)18-22-8-9-23-5-2-3-6-25(23)17-22/h2-3,5-6,8-15,17,21,27H,4,7,16,18-20H2,1H3,(H4,34,35,36)/t21-,27+/m1/s1. The van der Waals surface area contributed by atoms with Crippen molar-refractivity contribution in [2.45, 2.75) is 38.3 Å². The summed E-state index contributed by atoms with van der Waals surface area (Å²) in [4.78, 5) is 32.9. The lowest BCUT2D eigenvalue weighted by atomic mass is 10.00. The van der Waals surface area contributed by atoms with Crippen molar-refractivity contribution >= 4 is 51.5 Å². The van der Waals surface area contributed by atoms with E-state index in [1.807, 2.05) is 71.3 Å². The molecule has 4 aromatic rings. The number of carbonyl (C=O) groups excluding carboxylic acids is 2. The summed E-state index contributed by atoms with van der Waals surface area (Å²) in [5.41, 5.74) is 7.46. The molecule has 3 aromatic carbocycles. The van der Waals surface area contributed by atoms with E-state index in [4.69, 9.17) is 22.7 Å². The third kappa shape index (κ3) is 6.89. The number of benzene rings is 3. The van der Waals surface area contributed by atoms with Gasteiger partial charge in [0.1, 0.15) is 0 Å². The van der Waals surface area contributed by atoms with Gasteiger partial charge in [-0.25, -0.2) is 0 Å². The maximum atomic E-state index is 13.8. The molecule has 0 bridgehead atoms. The summed E-state index contributed by atoms with van der Waals surface area (Å²) < 4.78 is 0. The minimum atomic E-state index is -0.144. The van der Waals surface area contributed by atoms with Crippen LogP contribution in [-0.4, -0.2) is 59.3 Å². The molecule has 41 heavy (non-hydrogen) atoms. The molecule has 2 heterocycles. The van der Waals surface area contributed by atoms with Crippen LogP contribution in [-0.2, 0) is 11.2 Å². The molecule has 2 amide bonds. The molecule has 212 valence electrons. The molecule has 5 rings (SSSR count). The molecule has 0 aliphatic carbocycles. The van der Waals surface area contributed by atoms with Gasteiger partial charge in [-0.3, -0.25) is 15.0 Å². The van der Waals surface area contributed by atoms with E-state index in [0.29, 0.717) is 42.4 Å². The minimum absolute atomic E-state index is 0.0202. The number of nitrogens with two attached hydrogens (primary N) is 1. The third-order valence-corrected chi connectivity index (χ3v) is 8.94. The molecule has 7 nitrogen and oxygen atoms in total. The summed E-state index contributed by atoms with van der Waals surface area (Å²) in [6.45, 7) is 3.48. The molecule has 0 unspecified atom stereocenters. The van der Waals surface area contributed by atoms with Gasteiger partial charge in [0.2, 0.25) is 5.91 Å². The molecule has 1 aliphatic rings. The third-order valence-electron chi connectivity index (χ3n) is 7.57. The number of piperazine rings is 1. The van der Waals surface area contributed by atoms with Gasteiger partial charge >= 0.3 is 0 Å². The second kappa shape index (κ2) is 12.7. The number of nitrogens with one attached hydrogen (secondary N) is 2. The number of rotatable bonds is 8. The molecule has 0 spiro atoms. The maximum absolute atomic E-state index is 13.8. The highest BCUT2D eigenvalue weighted by molar-refractivity contribution is 7.17. The van der Waals surface area contributed by atoms with Crippen LogP contribution in [0.15, 0.2) is 78.9 Å². The van der Waals surface area contributed by atoms with Crippen molar-refractivity contribution in [2.24, 2.45) is 5.73 Å². The zero-order valence-corrected chi connectivity index (χ0v) is 24.5. The Labute approximate surface area is 249 Å². The number of nitrogens with zero attached hydrogens (tertiary/aromatic N) is 2. The van der Waals surface area contributed by atoms with Crippen LogP contribution in [0.2, 0.25) is 5.02 Å². The van der Waals surface area contributed by atoms with E-state index in [1.54, 1.807) is 0 Å². The monoisotopic (exact) mass is 587 g/mol. The molecule has 4 N–H and O–H groups in total. The zero-order chi connectivity index (χ0) is 28.9. The van der Waals surface area contributed by atoms with Crippen molar-refractivity contribution in [1.82, 2.24) is 15.1 Å². The Balaban J connectivity index is 1.32. The molecule has 9 heteroatoms. The molecular formula is C32H34ClN5O2S. The Hall–Kier alpha value is -3.88. The van der Waals surface area contributed by atoms with E-state index in [-0.39, 0.29) is 29.9 Å². The molecule has 2 atom stereocenters. The first kappa shape index (κ1) is 28.6. The summed E-state index contributed by atoms with van der Waals surface area (Å²) in [7, 11) is 0. The number of thiophene rings is 1. The van der Waals surface area contributed by atoms with Crippen LogP contribution in [0.3, 0.4) is 0 Å². The second-order valence-corrected chi connectivity index (χ2v) is 12.0. The first-order valence-corrected chi connectivity index (χ1v) is 15.0. The number of amides is 2. The summed E-state index contributed by atoms with van der Waals surface area (Å²) in [5.74, 6) is -0.0307. The predicted molar refractivity (Wildman–Crippen MR) is 168 cm³/mol. The average molecular weight is 588 g/mol. The summed E-state index contributed by atoms with van der Waals surface area (Å²) >= 11 is 7.52. The summed E-state index contributed by atoms with van der Waals surface area (Å²) in [5, 5.41) is 13.2. The minimum Gasteiger partial charge on any atom is -0.370 e. The Morgan fingerprint density at radius 3 is 2.51 bits per heavy atom. The molecular weight excluding hydrogens is 554 g/mol. The lowest BCUT2D eigenvalue weighted by Crippen LogP contribution is -2.60. The van der Waals surface area contributed by atoms with Crippen LogP contribution in [0, 0.1) is 5.41 Å². The van der Waals surface area contributed by atoms with Gasteiger partial charge in [-0.2, -0.15) is 0 Å². The van der Waals surface area contributed by atoms with E-state index in [9.17, 15) is 9.59 Å². The van der Waals surface area contributed by atoms with E-state index >= 15 is 0 Å². The van der Waals surface area contributed by atoms with E-state index in [0.717, 1.165) is 33.2 Å². The quantitative estimate of drug-likeness (QED) is 0.138. The Morgan fingerprint density at radius 2 is 1.76 bits per heavy atom. The molecule has 1 aromatic heterocycles. The first-order valence-electron chi connectivity index (χ1n) is 13.8. The fraction of sp³-hybridized carbons (Fsp3) is 0.281. The van der Waals surface area contributed by atoms with Crippen molar-refractivity contribution in [3.05, 3.63) is 94.3 Å². The second-order valence-electron chi connectivity index (χ2n) is 10.5. The molecule has 1 fully saturated rings. The van der Waals surface area contributed by atoms with E-state index in [2.05, 4.69) is 29.6 Å². The van der Waals surface area contributed by atoms with Crippen LogP contribution in [0.1, 0.15) is 35.0 Å². The van der Waals surface area contributed by atoms with Gasteiger partial charge in [-0.05, 0) is 65.9 Å². The van der Waals surface area contributed by atoms with Crippen molar-refractivity contribution in [3.63, 3.8) is 0 Å². The van der Waals surface area contributed by atoms with Crippen LogP contribution in [0.4, 0.5) is 0 Å². The molecule has 1 saturated heterocycles. The topological polar surface area (TPSA) is 103 Å². The van der Waals surface area contributed by atoms with E-state index < -0.39 is 0 Å². The molecule has 0 radical (unpaired) electrons. The van der Waals surface area contributed by atoms with Gasteiger partial charge in [0.05, 0.1) is 11.3 Å². The fourth-order valence-corrected chi connectivity index (χ4v) is 6.52. The number of carbonyl (C=O) groups is 2. The lowest BCUT2D eigenvalue weighted by Gasteiger charge is -2.45. The van der Waals surface area contributed by atoms with E-state index in [1.165, 1.54) is 11.3 Å². The number of fused-ring (bicyclic) bond motifs is 1. The van der Waals surface area contributed by atoms with Crippen molar-refractivity contribution in [3.8, 4) is 10.4 Å².